The highest BCUT2D eigenvalue weighted by Gasteiger charge is 2.00. The first-order valence-corrected chi connectivity index (χ1v) is 5.32. The van der Waals surface area contributed by atoms with Crippen molar-refractivity contribution >= 4 is 0 Å². The van der Waals surface area contributed by atoms with Gasteiger partial charge in [-0.1, -0.05) is 24.3 Å². The molecule has 1 aromatic carbocycles. The van der Waals surface area contributed by atoms with Gasteiger partial charge in [-0.2, -0.15) is 0 Å². The minimum absolute atomic E-state index is 0.408. The fourth-order valence-electron chi connectivity index (χ4n) is 1.64. The van der Waals surface area contributed by atoms with Crippen molar-refractivity contribution in [2.24, 2.45) is 5.73 Å². The third kappa shape index (κ3) is 2.70. The fraction of sp³-hybridized carbons (Fsp3) is 0.167. The van der Waals surface area contributed by atoms with Crippen molar-refractivity contribution in [2.75, 3.05) is 6.54 Å². The highest BCUT2D eigenvalue weighted by molar-refractivity contribution is 5.58. The molecular formula is C12H13N3O2. The molecule has 0 fully saturated rings. The first-order chi connectivity index (χ1) is 8.19. The molecule has 0 aliphatic carbocycles. The minimum atomic E-state index is -0.501. The molecule has 17 heavy (non-hydrogen) atoms. The number of nitrogens with one attached hydrogen (secondary N) is 2. The SMILES string of the molecule is NCCc1ccc(-c2cc(=O)[nH]c(=O)[nH]2)cc1. The summed E-state index contributed by atoms with van der Waals surface area (Å²) in [5.74, 6) is 0. The van der Waals surface area contributed by atoms with Gasteiger partial charge < -0.3 is 10.7 Å². The normalized spacial score (nSPS) is 10.4. The topological polar surface area (TPSA) is 91.7 Å². The second kappa shape index (κ2) is 4.80. The lowest BCUT2D eigenvalue weighted by Crippen LogP contribution is -2.21. The van der Waals surface area contributed by atoms with Crippen LogP contribution in [0.2, 0.25) is 0 Å². The standard InChI is InChI=1S/C12H13N3O2/c13-6-5-8-1-3-9(4-2-8)10-7-11(16)15-12(17)14-10/h1-4,7H,5-6,13H2,(H2,14,15,16,17). The number of hydrogen-bond donors (Lipinski definition) is 3. The number of aromatic nitrogens is 2. The first-order valence-electron chi connectivity index (χ1n) is 5.32. The molecule has 0 saturated heterocycles. The summed E-state index contributed by atoms with van der Waals surface area (Å²) in [5.41, 5.74) is 6.99. The van der Waals surface area contributed by atoms with Crippen molar-refractivity contribution in [2.45, 2.75) is 6.42 Å². The third-order valence-electron chi connectivity index (χ3n) is 2.46. The summed E-state index contributed by atoms with van der Waals surface area (Å²) in [6.45, 7) is 0.598. The van der Waals surface area contributed by atoms with Gasteiger partial charge in [0.15, 0.2) is 0 Å². The van der Waals surface area contributed by atoms with Crippen LogP contribution >= 0.6 is 0 Å². The molecular weight excluding hydrogens is 218 g/mol. The Morgan fingerprint density at radius 1 is 1.06 bits per heavy atom. The van der Waals surface area contributed by atoms with Gasteiger partial charge in [0, 0.05) is 6.07 Å². The second-order valence-corrected chi connectivity index (χ2v) is 3.74. The largest absolute Gasteiger partial charge is 0.330 e. The van der Waals surface area contributed by atoms with E-state index in [4.69, 9.17) is 5.73 Å². The molecule has 0 amide bonds. The molecule has 4 N–H and O–H groups in total. The Morgan fingerprint density at radius 3 is 2.35 bits per heavy atom. The van der Waals surface area contributed by atoms with E-state index < -0.39 is 11.2 Å². The maximum atomic E-state index is 11.2. The molecule has 2 rings (SSSR count). The highest BCUT2D eigenvalue weighted by atomic mass is 16.2. The molecule has 1 aromatic heterocycles. The summed E-state index contributed by atoms with van der Waals surface area (Å²) in [7, 11) is 0. The van der Waals surface area contributed by atoms with E-state index in [0.717, 1.165) is 17.5 Å². The van der Waals surface area contributed by atoms with Gasteiger partial charge in [0.1, 0.15) is 0 Å². The molecule has 88 valence electrons. The summed E-state index contributed by atoms with van der Waals surface area (Å²) in [6, 6.07) is 8.94. The average molecular weight is 231 g/mol. The molecule has 5 nitrogen and oxygen atoms in total. The Hall–Kier alpha value is -2.14. The average Bonchev–Trinajstić information content (AvgIpc) is 2.29. The molecule has 0 bridgehead atoms. The molecule has 0 spiro atoms. The maximum Gasteiger partial charge on any atom is 0.326 e. The minimum Gasteiger partial charge on any atom is -0.330 e. The van der Waals surface area contributed by atoms with E-state index in [1.165, 1.54) is 6.07 Å². The predicted octanol–water partition coefficient (Wildman–Crippen LogP) is 0.231. The Morgan fingerprint density at radius 2 is 1.76 bits per heavy atom. The van der Waals surface area contributed by atoms with Gasteiger partial charge in [0.05, 0.1) is 5.69 Å². The smallest absolute Gasteiger partial charge is 0.326 e. The van der Waals surface area contributed by atoms with Crippen molar-refractivity contribution in [3.8, 4) is 11.3 Å². The molecule has 0 aliphatic heterocycles. The van der Waals surface area contributed by atoms with Crippen LogP contribution in [0, 0.1) is 0 Å². The van der Waals surface area contributed by atoms with Crippen LogP contribution in [0.15, 0.2) is 39.9 Å². The molecule has 1 heterocycles. The lowest BCUT2D eigenvalue weighted by atomic mass is 10.1. The summed E-state index contributed by atoms with van der Waals surface area (Å²) < 4.78 is 0. The van der Waals surface area contributed by atoms with Crippen LogP contribution in [0.3, 0.4) is 0 Å². The molecule has 0 aliphatic rings. The van der Waals surface area contributed by atoms with Crippen LogP contribution in [-0.4, -0.2) is 16.5 Å². The number of hydrogen-bond acceptors (Lipinski definition) is 3. The van der Waals surface area contributed by atoms with Gasteiger partial charge in [-0.15, -0.1) is 0 Å². The van der Waals surface area contributed by atoms with Crippen LogP contribution in [0.1, 0.15) is 5.56 Å². The number of aromatic amines is 2. The van der Waals surface area contributed by atoms with Crippen molar-refractivity contribution in [1.82, 2.24) is 9.97 Å². The van der Waals surface area contributed by atoms with Crippen LogP contribution < -0.4 is 17.0 Å². The van der Waals surface area contributed by atoms with Gasteiger partial charge >= 0.3 is 5.69 Å². The summed E-state index contributed by atoms with van der Waals surface area (Å²) in [5, 5.41) is 0. The Balaban J connectivity index is 2.39. The van der Waals surface area contributed by atoms with Gasteiger partial charge in [0.2, 0.25) is 0 Å². The number of H-pyrrole nitrogens is 2. The molecule has 5 heteroatoms. The molecule has 2 aromatic rings. The lowest BCUT2D eigenvalue weighted by molar-refractivity contribution is 0.968. The Labute approximate surface area is 97.3 Å². The third-order valence-corrected chi connectivity index (χ3v) is 2.46. The zero-order valence-electron chi connectivity index (χ0n) is 9.19. The first kappa shape index (κ1) is 11.3. The number of benzene rings is 1. The zero-order valence-corrected chi connectivity index (χ0v) is 9.19. The maximum absolute atomic E-state index is 11.2. The monoisotopic (exact) mass is 231 g/mol. The highest BCUT2D eigenvalue weighted by Crippen LogP contribution is 2.14. The van der Waals surface area contributed by atoms with E-state index in [2.05, 4.69) is 9.97 Å². The molecule has 0 atom stereocenters. The molecule has 0 unspecified atom stereocenters. The molecule has 0 saturated carbocycles. The summed E-state index contributed by atoms with van der Waals surface area (Å²) in [4.78, 5) is 27.0. The van der Waals surface area contributed by atoms with Crippen molar-refractivity contribution < 1.29 is 0 Å². The van der Waals surface area contributed by atoms with Crippen LogP contribution in [0.5, 0.6) is 0 Å². The van der Waals surface area contributed by atoms with E-state index in [9.17, 15) is 9.59 Å². The number of nitrogens with two attached hydrogens (primary N) is 1. The van der Waals surface area contributed by atoms with Crippen molar-refractivity contribution in [3.63, 3.8) is 0 Å². The van der Waals surface area contributed by atoms with E-state index >= 15 is 0 Å². The van der Waals surface area contributed by atoms with Crippen LogP contribution in [0.4, 0.5) is 0 Å². The lowest BCUT2D eigenvalue weighted by Gasteiger charge is -2.02. The van der Waals surface area contributed by atoms with E-state index in [0.29, 0.717) is 12.2 Å². The van der Waals surface area contributed by atoms with Crippen LogP contribution in [-0.2, 0) is 6.42 Å². The van der Waals surface area contributed by atoms with Crippen LogP contribution in [0.25, 0.3) is 11.3 Å². The quantitative estimate of drug-likeness (QED) is 0.706. The molecule has 0 radical (unpaired) electrons. The predicted molar refractivity (Wildman–Crippen MR) is 65.9 cm³/mol. The van der Waals surface area contributed by atoms with Gasteiger partial charge in [-0.05, 0) is 24.1 Å². The van der Waals surface area contributed by atoms with Gasteiger partial charge in [0.25, 0.3) is 5.56 Å². The summed E-state index contributed by atoms with van der Waals surface area (Å²) >= 11 is 0. The van der Waals surface area contributed by atoms with Gasteiger partial charge in [-0.25, -0.2) is 4.79 Å². The van der Waals surface area contributed by atoms with Gasteiger partial charge in [-0.3, -0.25) is 9.78 Å². The van der Waals surface area contributed by atoms with E-state index in [1.807, 2.05) is 24.3 Å². The second-order valence-electron chi connectivity index (χ2n) is 3.74. The zero-order chi connectivity index (χ0) is 12.3. The van der Waals surface area contributed by atoms with Crippen molar-refractivity contribution in [1.29, 1.82) is 0 Å². The van der Waals surface area contributed by atoms with Crippen molar-refractivity contribution in [3.05, 3.63) is 56.7 Å². The summed E-state index contributed by atoms with van der Waals surface area (Å²) in [6.07, 6.45) is 0.812. The van der Waals surface area contributed by atoms with E-state index in [1.54, 1.807) is 0 Å². The van der Waals surface area contributed by atoms with E-state index in [-0.39, 0.29) is 0 Å². The Bertz CT molecular complexity index is 582. The fourth-order valence-corrected chi connectivity index (χ4v) is 1.64. The number of rotatable bonds is 3. The Kier molecular flexibility index (Phi) is 3.20.